The largest absolute Gasteiger partial charge is 0.492 e. The molecule has 0 radical (unpaired) electrons. The van der Waals surface area contributed by atoms with Crippen LogP contribution in [0.15, 0.2) is 42.5 Å². The van der Waals surface area contributed by atoms with Gasteiger partial charge in [-0.15, -0.1) is 0 Å². The summed E-state index contributed by atoms with van der Waals surface area (Å²) in [5, 5.41) is 2.82. The molecule has 2 aromatic carbocycles. The number of rotatable bonds is 5. The van der Waals surface area contributed by atoms with E-state index >= 15 is 0 Å². The molecule has 1 N–H and O–H groups in total. The molecule has 22 heavy (non-hydrogen) atoms. The van der Waals surface area contributed by atoms with Crippen LogP contribution in [0.1, 0.15) is 40.1 Å². The van der Waals surface area contributed by atoms with Crippen molar-refractivity contribution in [1.29, 1.82) is 0 Å². The SMILES string of the molecule is CCOc1ccc(C(C)=O)cc1NC(=O)c1cccc(C)c1. The molecule has 4 heteroatoms. The summed E-state index contributed by atoms with van der Waals surface area (Å²) in [6.45, 7) is 5.76. The number of ether oxygens (including phenoxy) is 1. The average molecular weight is 297 g/mol. The Bertz CT molecular complexity index is 707. The van der Waals surface area contributed by atoms with Crippen LogP contribution in [-0.2, 0) is 0 Å². The second kappa shape index (κ2) is 6.89. The third-order valence-electron chi connectivity index (χ3n) is 3.21. The summed E-state index contributed by atoms with van der Waals surface area (Å²) < 4.78 is 5.51. The van der Waals surface area contributed by atoms with E-state index in [9.17, 15) is 9.59 Å². The molecule has 0 unspecified atom stereocenters. The third kappa shape index (κ3) is 3.73. The Morgan fingerprint density at radius 1 is 1.09 bits per heavy atom. The van der Waals surface area contributed by atoms with Gasteiger partial charge in [-0.1, -0.05) is 17.7 Å². The Kier molecular flexibility index (Phi) is 4.94. The summed E-state index contributed by atoms with van der Waals surface area (Å²) >= 11 is 0. The van der Waals surface area contributed by atoms with Gasteiger partial charge in [0, 0.05) is 11.1 Å². The van der Waals surface area contributed by atoms with Crippen LogP contribution in [-0.4, -0.2) is 18.3 Å². The van der Waals surface area contributed by atoms with Gasteiger partial charge in [0.05, 0.1) is 12.3 Å². The van der Waals surface area contributed by atoms with Crippen LogP contribution in [0.25, 0.3) is 0 Å². The maximum Gasteiger partial charge on any atom is 0.255 e. The molecule has 0 aliphatic carbocycles. The molecule has 0 aliphatic rings. The number of hydrogen-bond acceptors (Lipinski definition) is 3. The third-order valence-corrected chi connectivity index (χ3v) is 3.21. The summed E-state index contributed by atoms with van der Waals surface area (Å²) in [5.41, 5.74) is 2.61. The van der Waals surface area contributed by atoms with Gasteiger partial charge in [-0.3, -0.25) is 9.59 Å². The molecule has 0 fully saturated rings. The summed E-state index contributed by atoms with van der Waals surface area (Å²) in [6.07, 6.45) is 0. The van der Waals surface area contributed by atoms with Crippen LogP contribution in [0, 0.1) is 6.92 Å². The van der Waals surface area contributed by atoms with E-state index in [0.29, 0.717) is 29.2 Å². The van der Waals surface area contributed by atoms with Crippen molar-refractivity contribution in [2.75, 3.05) is 11.9 Å². The minimum Gasteiger partial charge on any atom is -0.492 e. The van der Waals surface area contributed by atoms with Crippen LogP contribution >= 0.6 is 0 Å². The zero-order chi connectivity index (χ0) is 16.1. The molecule has 0 bridgehead atoms. The lowest BCUT2D eigenvalue weighted by atomic mass is 10.1. The first kappa shape index (κ1) is 15.8. The van der Waals surface area contributed by atoms with Gasteiger partial charge in [0.25, 0.3) is 5.91 Å². The molecule has 0 aliphatic heterocycles. The maximum atomic E-state index is 12.4. The average Bonchev–Trinajstić information content (AvgIpc) is 2.49. The lowest BCUT2D eigenvalue weighted by Crippen LogP contribution is -2.13. The number of amides is 1. The number of anilines is 1. The number of Topliss-reactive ketones (excluding diaryl/α,β-unsaturated/α-hetero) is 1. The fraction of sp³-hybridized carbons (Fsp3) is 0.222. The van der Waals surface area contributed by atoms with Crippen molar-refractivity contribution in [2.24, 2.45) is 0 Å². The predicted molar refractivity (Wildman–Crippen MR) is 86.7 cm³/mol. The van der Waals surface area contributed by atoms with Gasteiger partial charge >= 0.3 is 0 Å². The van der Waals surface area contributed by atoms with Gasteiger partial charge in [0.2, 0.25) is 0 Å². The Labute approximate surface area is 130 Å². The van der Waals surface area contributed by atoms with E-state index in [4.69, 9.17) is 4.74 Å². The van der Waals surface area contributed by atoms with Crippen molar-refractivity contribution in [1.82, 2.24) is 0 Å². The molecule has 0 spiro atoms. The smallest absolute Gasteiger partial charge is 0.255 e. The van der Waals surface area contributed by atoms with Gasteiger partial charge < -0.3 is 10.1 Å². The summed E-state index contributed by atoms with van der Waals surface area (Å²) in [4.78, 5) is 23.9. The fourth-order valence-electron chi connectivity index (χ4n) is 2.11. The highest BCUT2D eigenvalue weighted by Gasteiger charge is 2.12. The first-order valence-electron chi connectivity index (χ1n) is 7.17. The van der Waals surface area contributed by atoms with Crippen molar-refractivity contribution in [3.8, 4) is 5.75 Å². The summed E-state index contributed by atoms with van der Waals surface area (Å²) in [6, 6.07) is 12.4. The van der Waals surface area contributed by atoms with E-state index in [0.717, 1.165) is 5.56 Å². The molecule has 0 atom stereocenters. The minimum atomic E-state index is -0.231. The molecule has 1 amide bonds. The summed E-state index contributed by atoms with van der Waals surface area (Å²) in [7, 11) is 0. The number of carbonyl (C=O) groups excluding carboxylic acids is 2. The predicted octanol–water partition coefficient (Wildman–Crippen LogP) is 3.85. The maximum absolute atomic E-state index is 12.4. The molecule has 0 saturated heterocycles. The second-order valence-corrected chi connectivity index (χ2v) is 5.02. The van der Waals surface area contributed by atoms with Crippen molar-refractivity contribution in [3.63, 3.8) is 0 Å². The molecule has 0 heterocycles. The number of hydrogen-bond donors (Lipinski definition) is 1. The van der Waals surface area contributed by atoms with E-state index in [1.54, 1.807) is 24.3 Å². The molecule has 0 aromatic heterocycles. The van der Waals surface area contributed by atoms with Crippen molar-refractivity contribution in [2.45, 2.75) is 20.8 Å². The van der Waals surface area contributed by atoms with Gasteiger partial charge in [0.15, 0.2) is 5.78 Å². The molecule has 4 nitrogen and oxygen atoms in total. The molecular weight excluding hydrogens is 278 g/mol. The van der Waals surface area contributed by atoms with Gasteiger partial charge in [-0.05, 0) is 51.1 Å². The van der Waals surface area contributed by atoms with Crippen LogP contribution in [0.5, 0.6) is 5.75 Å². The topological polar surface area (TPSA) is 55.4 Å². The van der Waals surface area contributed by atoms with Crippen molar-refractivity contribution >= 4 is 17.4 Å². The second-order valence-electron chi connectivity index (χ2n) is 5.02. The van der Waals surface area contributed by atoms with E-state index in [1.165, 1.54) is 6.92 Å². The molecule has 2 rings (SSSR count). The van der Waals surface area contributed by atoms with Gasteiger partial charge in [-0.2, -0.15) is 0 Å². The lowest BCUT2D eigenvalue weighted by molar-refractivity contribution is 0.101. The highest BCUT2D eigenvalue weighted by molar-refractivity contribution is 6.06. The van der Waals surface area contributed by atoms with Crippen molar-refractivity contribution < 1.29 is 14.3 Å². The van der Waals surface area contributed by atoms with Gasteiger partial charge in [0.1, 0.15) is 5.75 Å². The standard InChI is InChI=1S/C18H19NO3/c1-4-22-17-9-8-14(13(3)20)11-16(17)19-18(21)15-7-5-6-12(2)10-15/h5-11H,4H2,1-3H3,(H,19,21). The quantitative estimate of drug-likeness (QED) is 0.853. The Balaban J connectivity index is 2.32. The van der Waals surface area contributed by atoms with Crippen molar-refractivity contribution in [3.05, 3.63) is 59.2 Å². The van der Waals surface area contributed by atoms with Crippen LogP contribution in [0.4, 0.5) is 5.69 Å². The molecule has 2 aromatic rings. The van der Waals surface area contributed by atoms with E-state index in [-0.39, 0.29) is 11.7 Å². The minimum absolute atomic E-state index is 0.0610. The normalized spacial score (nSPS) is 10.1. The van der Waals surface area contributed by atoms with E-state index in [2.05, 4.69) is 5.32 Å². The number of nitrogens with one attached hydrogen (secondary N) is 1. The first-order chi connectivity index (χ1) is 10.5. The van der Waals surface area contributed by atoms with E-state index < -0.39 is 0 Å². The number of carbonyl (C=O) groups is 2. The number of ketones is 1. The van der Waals surface area contributed by atoms with E-state index in [1.807, 2.05) is 32.0 Å². The molecular formula is C18H19NO3. The first-order valence-corrected chi connectivity index (χ1v) is 7.17. The van der Waals surface area contributed by atoms with Crippen LogP contribution in [0.3, 0.4) is 0 Å². The summed E-state index contributed by atoms with van der Waals surface area (Å²) in [5.74, 6) is 0.257. The van der Waals surface area contributed by atoms with Crippen LogP contribution in [0.2, 0.25) is 0 Å². The zero-order valence-electron chi connectivity index (χ0n) is 13.0. The molecule has 114 valence electrons. The number of benzene rings is 2. The zero-order valence-corrected chi connectivity index (χ0v) is 13.0. The van der Waals surface area contributed by atoms with Crippen LogP contribution < -0.4 is 10.1 Å². The highest BCUT2D eigenvalue weighted by Crippen LogP contribution is 2.27. The Morgan fingerprint density at radius 2 is 1.86 bits per heavy atom. The molecule has 0 saturated carbocycles. The fourth-order valence-corrected chi connectivity index (χ4v) is 2.11. The van der Waals surface area contributed by atoms with Gasteiger partial charge in [-0.25, -0.2) is 0 Å². The Morgan fingerprint density at radius 3 is 2.50 bits per heavy atom. The monoisotopic (exact) mass is 297 g/mol. The lowest BCUT2D eigenvalue weighted by Gasteiger charge is -2.13. The Hall–Kier alpha value is -2.62. The highest BCUT2D eigenvalue weighted by atomic mass is 16.5. The number of aryl methyl sites for hydroxylation is 1.